The summed E-state index contributed by atoms with van der Waals surface area (Å²) in [7, 11) is 0. The third kappa shape index (κ3) is 4.78. The molecule has 0 radical (unpaired) electrons. The number of rotatable bonds is 7. The van der Waals surface area contributed by atoms with E-state index in [0.29, 0.717) is 28.9 Å². The normalized spacial score (nSPS) is 16.6. The van der Waals surface area contributed by atoms with Crippen LogP contribution in [0.1, 0.15) is 61.7 Å². The number of amides is 1. The van der Waals surface area contributed by atoms with Crippen LogP contribution in [0.5, 0.6) is 0 Å². The molecule has 134 valence electrons. The molecule has 7 nitrogen and oxygen atoms in total. The number of hydrogen-bond acceptors (Lipinski definition) is 4. The molecule has 1 aliphatic rings. The van der Waals surface area contributed by atoms with Crippen molar-refractivity contribution in [1.82, 2.24) is 20.7 Å². The smallest absolute Gasteiger partial charge is 0.303 e. The fourth-order valence-corrected chi connectivity index (χ4v) is 3.62. The van der Waals surface area contributed by atoms with Crippen LogP contribution in [-0.4, -0.2) is 38.4 Å². The fourth-order valence-electron chi connectivity index (χ4n) is 3.62. The van der Waals surface area contributed by atoms with Crippen molar-refractivity contribution in [1.29, 1.82) is 0 Å². The number of nitrogens with one attached hydrogen (secondary N) is 2. The molecule has 1 aromatic carbocycles. The molecule has 1 atom stereocenters. The van der Waals surface area contributed by atoms with Crippen LogP contribution in [0.2, 0.25) is 0 Å². The average molecular weight is 344 g/mol. The second-order valence-corrected chi connectivity index (χ2v) is 6.87. The highest BCUT2D eigenvalue weighted by Gasteiger charge is 2.22. The SMILES string of the molecule is O=C(O)CCC(CC1CCCCC1)NC(=O)c1ccc2n[nH]nc2c1. The van der Waals surface area contributed by atoms with Gasteiger partial charge in [-0.1, -0.05) is 32.1 Å². The van der Waals surface area contributed by atoms with Crippen molar-refractivity contribution < 1.29 is 14.7 Å². The van der Waals surface area contributed by atoms with Crippen LogP contribution in [-0.2, 0) is 4.79 Å². The lowest BCUT2D eigenvalue weighted by Crippen LogP contribution is -2.37. The highest BCUT2D eigenvalue weighted by molar-refractivity contribution is 5.97. The largest absolute Gasteiger partial charge is 0.481 e. The van der Waals surface area contributed by atoms with E-state index in [2.05, 4.69) is 20.7 Å². The van der Waals surface area contributed by atoms with E-state index in [4.69, 9.17) is 5.11 Å². The van der Waals surface area contributed by atoms with Crippen LogP contribution in [0.4, 0.5) is 0 Å². The number of benzene rings is 1. The minimum absolute atomic E-state index is 0.0694. The van der Waals surface area contributed by atoms with Gasteiger partial charge in [0.15, 0.2) is 0 Å². The van der Waals surface area contributed by atoms with Crippen molar-refractivity contribution in [3.63, 3.8) is 0 Å². The fraction of sp³-hybridized carbons (Fsp3) is 0.556. The Hall–Kier alpha value is -2.44. The minimum atomic E-state index is -0.827. The lowest BCUT2D eigenvalue weighted by molar-refractivity contribution is -0.137. The molecule has 1 heterocycles. The van der Waals surface area contributed by atoms with Crippen LogP contribution in [0, 0.1) is 5.92 Å². The molecule has 2 aromatic rings. The van der Waals surface area contributed by atoms with Gasteiger partial charge in [0.2, 0.25) is 0 Å². The van der Waals surface area contributed by atoms with Crippen LogP contribution < -0.4 is 5.32 Å². The maximum atomic E-state index is 12.6. The quantitative estimate of drug-likeness (QED) is 0.716. The molecule has 1 saturated carbocycles. The number of carbonyl (C=O) groups excluding carboxylic acids is 1. The monoisotopic (exact) mass is 344 g/mol. The summed E-state index contributed by atoms with van der Waals surface area (Å²) in [5.41, 5.74) is 1.87. The van der Waals surface area contributed by atoms with Crippen molar-refractivity contribution in [2.75, 3.05) is 0 Å². The van der Waals surface area contributed by atoms with Crippen LogP contribution in [0.25, 0.3) is 11.0 Å². The Labute approximate surface area is 146 Å². The topological polar surface area (TPSA) is 108 Å². The first-order valence-electron chi connectivity index (χ1n) is 8.95. The first-order valence-corrected chi connectivity index (χ1v) is 8.95. The zero-order valence-corrected chi connectivity index (χ0v) is 14.2. The number of hydrogen-bond donors (Lipinski definition) is 3. The molecule has 0 aliphatic heterocycles. The summed E-state index contributed by atoms with van der Waals surface area (Å²) in [6.45, 7) is 0. The van der Waals surface area contributed by atoms with Gasteiger partial charge < -0.3 is 10.4 Å². The summed E-state index contributed by atoms with van der Waals surface area (Å²) in [4.78, 5) is 23.5. The number of carboxylic acid groups (broad SMARTS) is 1. The van der Waals surface area contributed by atoms with Gasteiger partial charge in [-0.3, -0.25) is 9.59 Å². The standard InChI is InChI=1S/C18H24N4O3/c23-17(24)9-7-14(10-12-4-2-1-3-5-12)19-18(25)13-6-8-15-16(11-13)21-22-20-15/h6,8,11-12,14H,1-5,7,9-10H2,(H,19,25)(H,23,24)(H,20,21,22). The van der Waals surface area contributed by atoms with Crippen molar-refractivity contribution in [2.24, 2.45) is 5.92 Å². The maximum absolute atomic E-state index is 12.6. The Morgan fingerprint density at radius 1 is 1.20 bits per heavy atom. The second-order valence-electron chi connectivity index (χ2n) is 6.87. The van der Waals surface area contributed by atoms with Gasteiger partial charge >= 0.3 is 5.97 Å². The zero-order chi connectivity index (χ0) is 17.6. The molecule has 0 spiro atoms. The molecule has 0 bridgehead atoms. The molecule has 1 fully saturated rings. The lowest BCUT2D eigenvalue weighted by Gasteiger charge is -2.27. The number of aliphatic carboxylic acids is 1. The van der Waals surface area contributed by atoms with Crippen molar-refractivity contribution in [3.05, 3.63) is 23.8 Å². The summed E-state index contributed by atoms with van der Waals surface area (Å²) in [5.74, 6) is -0.436. The van der Waals surface area contributed by atoms with Gasteiger partial charge in [0.25, 0.3) is 5.91 Å². The summed E-state index contributed by atoms with van der Waals surface area (Å²) >= 11 is 0. The van der Waals surface area contributed by atoms with Gasteiger partial charge in [-0.15, -0.1) is 0 Å². The highest BCUT2D eigenvalue weighted by atomic mass is 16.4. The highest BCUT2D eigenvalue weighted by Crippen LogP contribution is 2.28. The second kappa shape index (κ2) is 8.09. The lowest BCUT2D eigenvalue weighted by atomic mass is 9.84. The Morgan fingerprint density at radius 3 is 2.72 bits per heavy atom. The Bertz CT molecular complexity index is 737. The molecule has 0 saturated heterocycles. The molecule has 1 amide bonds. The summed E-state index contributed by atoms with van der Waals surface area (Å²) < 4.78 is 0. The maximum Gasteiger partial charge on any atom is 0.303 e. The summed E-state index contributed by atoms with van der Waals surface area (Å²) in [6.07, 6.45) is 7.46. The number of carboxylic acids is 1. The molecule has 3 N–H and O–H groups in total. The van der Waals surface area contributed by atoms with Gasteiger partial charge in [0.1, 0.15) is 11.0 Å². The van der Waals surface area contributed by atoms with E-state index in [-0.39, 0.29) is 18.4 Å². The first-order chi connectivity index (χ1) is 12.1. The van der Waals surface area contributed by atoms with Crippen molar-refractivity contribution in [2.45, 2.75) is 57.4 Å². The molecule has 7 heteroatoms. The first kappa shape index (κ1) is 17.4. The van der Waals surface area contributed by atoms with Crippen LogP contribution >= 0.6 is 0 Å². The van der Waals surface area contributed by atoms with Gasteiger partial charge in [0.05, 0.1) is 0 Å². The third-order valence-corrected chi connectivity index (χ3v) is 4.96. The number of nitrogens with zero attached hydrogens (tertiary/aromatic N) is 2. The number of aromatic amines is 1. The number of aromatic nitrogens is 3. The molecule has 3 rings (SSSR count). The molecular formula is C18H24N4O3. The van der Waals surface area contributed by atoms with Gasteiger partial charge in [-0.05, 0) is 37.0 Å². The molecule has 1 aliphatic carbocycles. The summed E-state index contributed by atoms with van der Waals surface area (Å²) in [6, 6.07) is 5.05. The number of carbonyl (C=O) groups is 2. The Kier molecular flexibility index (Phi) is 5.63. The van der Waals surface area contributed by atoms with E-state index in [9.17, 15) is 9.59 Å². The minimum Gasteiger partial charge on any atom is -0.481 e. The average Bonchev–Trinajstić information content (AvgIpc) is 3.08. The Morgan fingerprint density at radius 2 is 1.96 bits per heavy atom. The molecule has 1 unspecified atom stereocenters. The number of H-pyrrole nitrogens is 1. The predicted octanol–water partition coefficient (Wildman–Crippen LogP) is 2.89. The molecular weight excluding hydrogens is 320 g/mol. The van der Waals surface area contributed by atoms with Gasteiger partial charge in [-0.2, -0.15) is 15.4 Å². The van der Waals surface area contributed by atoms with Crippen LogP contribution in [0.3, 0.4) is 0 Å². The third-order valence-electron chi connectivity index (χ3n) is 4.96. The molecule has 1 aromatic heterocycles. The van der Waals surface area contributed by atoms with Gasteiger partial charge in [0, 0.05) is 18.0 Å². The van der Waals surface area contributed by atoms with E-state index < -0.39 is 5.97 Å². The van der Waals surface area contributed by atoms with E-state index in [0.717, 1.165) is 6.42 Å². The van der Waals surface area contributed by atoms with Crippen molar-refractivity contribution >= 4 is 22.9 Å². The predicted molar refractivity (Wildman–Crippen MR) is 93.2 cm³/mol. The zero-order valence-electron chi connectivity index (χ0n) is 14.2. The number of fused-ring (bicyclic) bond motifs is 1. The summed E-state index contributed by atoms with van der Waals surface area (Å²) in [5, 5.41) is 22.5. The van der Waals surface area contributed by atoms with E-state index in [1.165, 1.54) is 32.1 Å². The van der Waals surface area contributed by atoms with E-state index in [1.807, 2.05) is 0 Å². The van der Waals surface area contributed by atoms with Gasteiger partial charge in [-0.25, -0.2) is 0 Å². The van der Waals surface area contributed by atoms with Crippen molar-refractivity contribution in [3.8, 4) is 0 Å². The molecule has 25 heavy (non-hydrogen) atoms. The van der Waals surface area contributed by atoms with E-state index in [1.54, 1.807) is 18.2 Å². The van der Waals surface area contributed by atoms with E-state index >= 15 is 0 Å². The Balaban J connectivity index is 1.66. The van der Waals surface area contributed by atoms with Crippen LogP contribution in [0.15, 0.2) is 18.2 Å².